The molecule has 8 heteroatoms. The molecule has 1 heterocycles. The first-order valence-corrected chi connectivity index (χ1v) is 7.27. The van der Waals surface area contributed by atoms with Crippen LogP contribution in [0, 0.1) is 0 Å². The number of benzene rings is 1. The van der Waals surface area contributed by atoms with Gasteiger partial charge in [0.1, 0.15) is 0 Å². The highest BCUT2D eigenvalue weighted by molar-refractivity contribution is 7.92. The lowest BCUT2D eigenvalue weighted by atomic mass is 10.2. The molecule has 1 aromatic heterocycles. The Labute approximate surface area is 109 Å². The molecule has 0 saturated carbocycles. The van der Waals surface area contributed by atoms with E-state index in [4.69, 9.17) is 5.11 Å². The molecule has 0 spiro atoms. The number of carboxylic acid groups (broad SMARTS) is 1. The van der Waals surface area contributed by atoms with Gasteiger partial charge in [-0.05, 0) is 18.6 Å². The van der Waals surface area contributed by atoms with Crippen LogP contribution in [0.15, 0.2) is 24.4 Å². The molecular weight excluding hydrogens is 270 g/mol. The van der Waals surface area contributed by atoms with Crippen molar-refractivity contribution in [1.29, 1.82) is 0 Å². The molecular formula is C11H13N3O4S. The van der Waals surface area contributed by atoms with Crippen molar-refractivity contribution < 1.29 is 18.3 Å². The second-order valence-corrected chi connectivity index (χ2v) is 5.90. The van der Waals surface area contributed by atoms with Crippen molar-refractivity contribution >= 4 is 32.6 Å². The molecule has 0 amide bonds. The Bertz CT molecular complexity index is 693. The molecule has 0 aliphatic heterocycles. The highest BCUT2D eigenvalue weighted by atomic mass is 32.2. The number of nitrogens with zero attached hydrogens (tertiary/aromatic N) is 1. The molecule has 0 atom stereocenters. The van der Waals surface area contributed by atoms with Gasteiger partial charge in [-0.25, -0.2) is 8.42 Å². The first-order valence-electron chi connectivity index (χ1n) is 5.62. The summed E-state index contributed by atoms with van der Waals surface area (Å²) in [5, 5.41) is 15.7. The molecule has 2 aromatic rings. The van der Waals surface area contributed by atoms with Gasteiger partial charge in [-0.3, -0.25) is 14.6 Å². The van der Waals surface area contributed by atoms with E-state index in [1.165, 1.54) is 6.20 Å². The van der Waals surface area contributed by atoms with Crippen LogP contribution in [0.3, 0.4) is 0 Å². The fraction of sp³-hybridized carbons (Fsp3) is 0.273. The topological polar surface area (TPSA) is 112 Å². The lowest BCUT2D eigenvalue weighted by Crippen LogP contribution is -2.17. The van der Waals surface area contributed by atoms with Gasteiger partial charge in [0.2, 0.25) is 10.0 Å². The molecule has 0 fully saturated rings. The Morgan fingerprint density at radius 3 is 2.95 bits per heavy atom. The summed E-state index contributed by atoms with van der Waals surface area (Å²) in [7, 11) is -3.55. The minimum absolute atomic E-state index is 0.0754. The average molecular weight is 283 g/mol. The predicted octanol–water partition coefficient (Wildman–Crippen LogP) is 1.17. The maximum atomic E-state index is 11.8. The van der Waals surface area contributed by atoms with Gasteiger partial charge in [0.15, 0.2) is 0 Å². The quantitative estimate of drug-likeness (QED) is 0.736. The van der Waals surface area contributed by atoms with Crippen LogP contribution >= 0.6 is 0 Å². The van der Waals surface area contributed by atoms with Gasteiger partial charge in [-0.2, -0.15) is 5.10 Å². The van der Waals surface area contributed by atoms with Gasteiger partial charge in [0, 0.05) is 11.8 Å². The number of aliphatic carboxylic acids is 1. The minimum Gasteiger partial charge on any atom is -0.481 e. The zero-order chi connectivity index (χ0) is 13.9. The molecule has 19 heavy (non-hydrogen) atoms. The summed E-state index contributed by atoms with van der Waals surface area (Å²) in [5.41, 5.74) is 1.16. The Kier molecular flexibility index (Phi) is 3.70. The number of H-pyrrole nitrogens is 1. The summed E-state index contributed by atoms with van der Waals surface area (Å²) in [6.45, 7) is 0. The summed E-state index contributed by atoms with van der Waals surface area (Å²) in [4.78, 5) is 10.4. The Hall–Kier alpha value is -2.09. The normalized spacial score (nSPS) is 11.6. The third-order valence-electron chi connectivity index (χ3n) is 2.55. The smallest absolute Gasteiger partial charge is 0.303 e. The first-order chi connectivity index (χ1) is 8.98. The van der Waals surface area contributed by atoms with Crippen LogP contribution < -0.4 is 4.72 Å². The summed E-state index contributed by atoms with van der Waals surface area (Å²) in [5.74, 6) is -1.24. The molecule has 102 valence electrons. The van der Waals surface area contributed by atoms with E-state index in [0.717, 1.165) is 5.52 Å². The van der Waals surface area contributed by atoms with Crippen LogP contribution in [0.2, 0.25) is 0 Å². The lowest BCUT2D eigenvalue weighted by molar-refractivity contribution is -0.137. The molecule has 0 aliphatic carbocycles. The largest absolute Gasteiger partial charge is 0.481 e. The molecule has 0 bridgehead atoms. The average Bonchev–Trinajstić information content (AvgIpc) is 2.76. The highest BCUT2D eigenvalue weighted by Gasteiger charge is 2.13. The minimum atomic E-state index is -3.55. The van der Waals surface area contributed by atoms with Crippen LogP contribution in [0.25, 0.3) is 10.9 Å². The molecule has 1 aromatic carbocycles. The third-order valence-corrected chi connectivity index (χ3v) is 3.91. The van der Waals surface area contributed by atoms with Gasteiger partial charge in [-0.15, -0.1) is 0 Å². The highest BCUT2D eigenvalue weighted by Crippen LogP contribution is 2.22. The van der Waals surface area contributed by atoms with Crippen molar-refractivity contribution in [3.8, 4) is 0 Å². The number of hydrogen-bond acceptors (Lipinski definition) is 4. The standard InChI is InChI=1S/C11H13N3O4S/c15-11(16)5-2-6-19(17,18)14-10-4-1-3-9-8(10)7-12-13-9/h1,3-4,7,14H,2,5-6H2,(H,12,13)(H,15,16). The van der Waals surface area contributed by atoms with Gasteiger partial charge < -0.3 is 5.11 Å². The van der Waals surface area contributed by atoms with E-state index in [-0.39, 0.29) is 18.6 Å². The van der Waals surface area contributed by atoms with Gasteiger partial charge in [0.25, 0.3) is 0 Å². The fourth-order valence-electron chi connectivity index (χ4n) is 1.69. The summed E-state index contributed by atoms with van der Waals surface area (Å²) in [6, 6.07) is 5.12. The summed E-state index contributed by atoms with van der Waals surface area (Å²) < 4.78 is 26.1. The second-order valence-electron chi connectivity index (χ2n) is 4.06. The van der Waals surface area contributed by atoms with E-state index < -0.39 is 16.0 Å². The Balaban J connectivity index is 2.11. The van der Waals surface area contributed by atoms with E-state index in [0.29, 0.717) is 11.1 Å². The van der Waals surface area contributed by atoms with Crippen molar-refractivity contribution in [3.05, 3.63) is 24.4 Å². The third kappa shape index (κ3) is 3.44. The number of carbonyl (C=O) groups is 1. The molecule has 0 radical (unpaired) electrons. The number of nitrogens with one attached hydrogen (secondary N) is 2. The van der Waals surface area contributed by atoms with E-state index >= 15 is 0 Å². The lowest BCUT2D eigenvalue weighted by Gasteiger charge is -2.08. The van der Waals surface area contributed by atoms with Crippen LogP contribution in [-0.2, 0) is 14.8 Å². The van der Waals surface area contributed by atoms with Gasteiger partial charge in [0.05, 0.1) is 23.2 Å². The number of aromatic amines is 1. The predicted molar refractivity (Wildman–Crippen MR) is 70.4 cm³/mol. The van der Waals surface area contributed by atoms with Gasteiger partial charge >= 0.3 is 5.97 Å². The molecule has 2 rings (SSSR count). The van der Waals surface area contributed by atoms with Crippen molar-refractivity contribution in [3.63, 3.8) is 0 Å². The molecule has 7 nitrogen and oxygen atoms in total. The Morgan fingerprint density at radius 2 is 2.21 bits per heavy atom. The summed E-state index contributed by atoms with van der Waals surface area (Å²) in [6.07, 6.45) is 1.44. The number of aromatic nitrogens is 2. The zero-order valence-electron chi connectivity index (χ0n) is 9.96. The number of sulfonamides is 1. The number of fused-ring (bicyclic) bond motifs is 1. The van der Waals surface area contributed by atoms with E-state index in [2.05, 4.69) is 14.9 Å². The van der Waals surface area contributed by atoms with Crippen LogP contribution in [0.4, 0.5) is 5.69 Å². The van der Waals surface area contributed by atoms with Crippen LogP contribution in [0.1, 0.15) is 12.8 Å². The molecule has 0 saturated heterocycles. The van der Waals surface area contributed by atoms with E-state index in [1.807, 2.05) is 0 Å². The van der Waals surface area contributed by atoms with Crippen molar-refractivity contribution in [1.82, 2.24) is 10.2 Å². The van der Waals surface area contributed by atoms with Crippen molar-refractivity contribution in [2.24, 2.45) is 0 Å². The number of anilines is 1. The zero-order valence-corrected chi connectivity index (χ0v) is 10.8. The molecule has 3 N–H and O–H groups in total. The molecule has 0 aliphatic rings. The Morgan fingerprint density at radius 1 is 1.42 bits per heavy atom. The second kappa shape index (κ2) is 5.27. The fourth-order valence-corrected chi connectivity index (χ4v) is 2.83. The monoisotopic (exact) mass is 283 g/mol. The van der Waals surface area contributed by atoms with Crippen LogP contribution in [0.5, 0.6) is 0 Å². The van der Waals surface area contributed by atoms with Crippen molar-refractivity contribution in [2.75, 3.05) is 10.5 Å². The maximum Gasteiger partial charge on any atom is 0.303 e. The van der Waals surface area contributed by atoms with E-state index in [9.17, 15) is 13.2 Å². The number of rotatable bonds is 6. The number of hydrogen-bond donors (Lipinski definition) is 3. The first kappa shape index (κ1) is 13.3. The summed E-state index contributed by atoms with van der Waals surface area (Å²) >= 11 is 0. The SMILES string of the molecule is O=C(O)CCCS(=O)(=O)Nc1cccc2[nH]ncc12. The molecule has 0 unspecified atom stereocenters. The van der Waals surface area contributed by atoms with E-state index in [1.54, 1.807) is 18.2 Å². The van der Waals surface area contributed by atoms with Gasteiger partial charge in [-0.1, -0.05) is 6.07 Å². The van der Waals surface area contributed by atoms with Crippen LogP contribution in [-0.4, -0.2) is 35.4 Å². The van der Waals surface area contributed by atoms with Crippen molar-refractivity contribution in [2.45, 2.75) is 12.8 Å². The maximum absolute atomic E-state index is 11.8. The number of carboxylic acids is 1.